The van der Waals surface area contributed by atoms with Crippen molar-refractivity contribution in [2.45, 2.75) is 19.9 Å². The van der Waals surface area contributed by atoms with E-state index in [0.29, 0.717) is 5.56 Å². The number of carbonyl (C=O) groups is 1. The first-order valence-corrected chi connectivity index (χ1v) is 5.85. The van der Waals surface area contributed by atoms with Crippen LogP contribution >= 0.6 is 0 Å². The lowest BCUT2D eigenvalue weighted by Gasteiger charge is -2.27. The minimum atomic E-state index is -0.228. The third kappa shape index (κ3) is 2.64. The Morgan fingerprint density at radius 3 is 2.76 bits per heavy atom. The molecule has 0 aliphatic carbocycles. The number of rotatable bonds is 3. The van der Waals surface area contributed by atoms with Gasteiger partial charge in [-0.3, -0.25) is 4.79 Å². The monoisotopic (exact) mass is 236 g/mol. The number of hydrogen-bond acceptors (Lipinski definition) is 2. The van der Waals surface area contributed by atoms with Gasteiger partial charge < -0.3 is 10.6 Å². The minimum Gasteiger partial charge on any atom is -0.349 e. The van der Waals surface area contributed by atoms with Gasteiger partial charge in [0.2, 0.25) is 5.91 Å². The lowest BCUT2D eigenvalue weighted by molar-refractivity contribution is -0.127. The van der Waals surface area contributed by atoms with Crippen LogP contribution in [0.15, 0.2) is 18.2 Å². The van der Waals surface area contributed by atoms with E-state index >= 15 is 0 Å². The SMILES string of the molecule is Cc1ccc(C(C)NC(=O)C2CNC2)cc1F. The third-order valence-corrected chi connectivity index (χ3v) is 3.21. The molecule has 1 aromatic rings. The van der Waals surface area contributed by atoms with E-state index in [1.807, 2.05) is 13.0 Å². The molecule has 1 aliphatic rings. The van der Waals surface area contributed by atoms with Gasteiger partial charge in [-0.15, -0.1) is 0 Å². The molecule has 2 N–H and O–H groups in total. The van der Waals surface area contributed by atoms with Crippen molar-refractivity contribution in [2.75, 3.05) is 13.1 Å². The van der Waals surface area contributed by atoms with E-state index in [2.05, 4.69) is 10.6 Å². The van der Waals surface area contributed by atoms with Crippen molar-refractivity contribution < 1.29 is 9.18 Å². The standard InChI is InChI=1S/C13H17FN2O/c1-8-3-4-10(5-12(8)14)9(2)16-13(17)11-6-15-7-11/h3-5,9,11,15H,6-7H2,1-2H3,(H,16,17). The lowest BCUT2D eigenvalue weighted by atomic mass is 10.0. The Kier molecular flexibility index (Phi) is 3.43. The first kappa shape index (κ1) is 12.0. The predicted octanol–water partition coefficient (Wildman–Crippen LogP) is 1.53. The molecular formula is C13H17FN2O. The van der Waals surface area contributed by atoms with Gasteiger partial charge in [0.1, 0.15) is 5.82 Å². The van der Waals surface area contributed by atoms with Gasteiger partial charge in [-0.05, 0) is 31.0 Å². The quantitative estimate of drug-likeness (QED) is 0.835. The van der Waals surface area contributed by atoms with Gasteiger partial charge in [0.15, 0.2) is 0 Å². The molecule has 1 atom stereocenters. The van der Waals surface area contributed by atoms with Crippen molar-refractivity contribution >= 4 is 5.91 Å². The highest BCUT2D eigenvalue weighted by molar-refractivity contribution is 5.80. The Labute approximate surface area is 100 Å². The Bertz CT molecular complexity index is 429. The third-order valence-electron chi connectivity index (χ3n) is 3.21. The highest BCUT2D eigenvalue weighted by Crippen LogP contribution is 2.17. The Morgan fingerprint density at radius 2 is 2.24 bits per heavy atom. The number of carbonyl (C=O) groups excluding carboxylic acids is 1. The molecule has 92 valence electrons. The van der Waals surface area contributed by atoms with Crippen LogP contribution in [0.5, 0.6) is 0 Å². The van der Waals surface area contributed by atoms with E-state index in [-0.39, 0.29) is 23.7 Å². The molecule has 3 nitrogen and oxygen atoms in total. The Hall–Kier alpha value is -1.42. The van der Waals surface area contributed by atoms with Crippen molar-refractivity contribution in [3.63, 3.8) is 0 Å². The summed E-state index contributed by atoms with van der Waals surface area (Å²) in [5, 5.41) is 5.95. The number of amides is 1. The fourth-order valence-corrected chi connectivity index (χ4v) is 1.77. The maximum absolute atomic E-state index is 13.4. The van der Waals surface area contributed by atoms with E-state index in [0.717, 1.165) is 18.7 Å². The van der Waals surface area contributed by atoms with Crippen LogP contribution in [0.4, 0.5) is 4.39 Å². The van der Waals surface area contributed by atoms with Gasteiger partial charge in [-0.25, -0.2) is 4.39 Å². The summed E-state index contributed by atoms with van der Waals surface area (Å²) in [4.78, 5) is 11.7. The lowest BCUT2D eigenvalue weighted by Crippen LogP contribution is -2.51. The highest BCUT2D eigenvalue weighted by atomic mass is 19.1. The fraction of sp³-hybridized carbons (Fsp3) is 0.462. The second kappa shape index (κ2) is 4.84. The average Bonchev–Trinajstić information content (AvgIpc) is 2.19. The van der Waals surface area contributed by atoms with Crippen LogP contribution in [-0.4, -0.2) is 19.0 Å². The second-order valence-electron chi connectivity index (χ2n) is 4.59. The molecule has 0 radical (unpaired) electrons. The smallest absolute Gasteiger partial charge is 0.226 e. The van der Waals surface area contributed by atoms with E-state index in [9.17, 15) is 9.18 Å². The molecule has 1 aromatic carbocycles. The van der Waals surface area contributed by atoms with Crippen LogP contribution < -0.4 is 10.6 Å². The Morgan fingerprint density at radius 1 is 1.53 bits per heavy atom. The number of halogens is 1. The molecular weight excluding hydrogens is 219 g/mol. The number of aryl methyl sites for hydroxylation is 1. The number of benzene rings is 1. The summed E-state index contributed by atoms with van der Waals surface area (Å²) in [7, 11) is 0. The van der Waals surface area contributed by atoms with Crippen LogP contribution in [-0.2, 0) is 4.79 Å². The van der Waals surface area contributed by atoms with Crippen molar-refractivity contribution in [3.05, 3.63) is 35.1 Å². The molecule has 0 spiro atoms. The van der Waals surface area contributed by atoms with E-state index in [1.54, 1.807) is 13.0 Å². The zero-order valence-corrected chi connectivity index (χ0v) is 10.1. The first-order valence-electron chi connectivity index (χ1n) is 5.85. The van der Waals surface area contributed by atoms with Gasteiger partial charge in [-0.1, -0.05) is 12.1 Å². The van der Waals surface area contributed by atoms with E-state index in [4.69, 9.17) is 0 Å². The summed E-state index contributed by atoms with van der Waals surface area (Å²) in [6.07, 6.45) is 0. The van der Waals surface area contributed by atoms with Crippen LogP contribution in [0.1, 0.15) is 24.1 Å². The summed E-state index contributed by atoms with van der Waals surface area (Å²) >= 11 is 0. The van der Waals surface area contributed by atoms with E-state index < -0.39 is 0 Å². The second-order valence-corrected chi connectivity index (χ2v) is 4.59. The van der Waals surface area contributed by atoms with E-state index in [1.165, 1.54) is 6.07 Å². The van der Waals surface area contributed by atoms with Gasteiger partial charge in [0.05, 0.1) is 12.0 Å². The van der Waals surface area contributed by atoms with Crippen LogP contribution in [0.25, 0.3) is 0 Å². The molecule has 1 saturated heterocycles. The van der Waals surface area contributed by atoms with Crippen molar-refractivity contribution in [3.8, 4) is 0 Å². The normalized spacial score (nSPS) is 17.4. The molecule has 2 rings (SSSR count). The fourth-order valence-electron chi connectivity index (χ4n) is 1.77. The first-order chi connectivity index (χ1) is 8.08. The topological polar surface area (TPSA) is 41.1 Å². The van der Waals surface area contributed by atoms with Crippen molar-refractivity contribution in [2.24, 2.45) is 5.92 Å². The van der Waals surface area contributed by atoms with Crippen LogP contribution in [0.3, 0.4) is 0 Å². The van der Waals surface area contributed by atoms with Gasteiger partial charge in [-0.2, -0.15) is 0 Å². The molecule has 1 amide bonds. The molecule has 0 aromatic heterocycles. The predicted molar refractivity (Wildman–Crippen MR) is 64.1 cm³/mol. The van der Waals surface area contributed by atoms with Gasteiger partial charge >= 0.3 is 0 Å². The summed E-state index contributed by atoms with van der Waals surface area (Å²) < 4.78 is 13.4. The molecule has 1 unspecified atom stereocenters. The Balaban J connectivity index is 2.00. The van der Waals surface area contributed by atoms with Gasteiger partial charge in [0, 0.05) is 13.1 Å². The summed E-state index contributed by atoms with van der Waals surface area (Å²) in [6, 6.07) is 4.91. The molecule has 1 fully saturated rings. The zero-order valence-electron chi connectivity index (χ0n) is 10.1. The molecule has 0 saturated carbocycles. The molecule has 1 heterocycles. The highest BCUT2D eigenvalue weighted by Gasteiger charge is 2.25. The summed E-state index contributed by atoms with van der Waals surface area (Å²) in [5.41, 5.74) is 1.42. The summed E-state index contributed by atoms with van der Waals surface area (Å²) in [6.45, 7) is 5.07. The molecule has 4 heteroatoms. The molecule has 1 aliphatic heterocycles. The zero-order chi connectivity index (χ0) is 12.4. The number of nitrogens with one attached hydrogen (secondary N) is 2. The minimum absolute atomic E-state index is 0.0391. The van der Waals surface area contributed by atoms with Crippen LogP contribution in [0, 0.1) is 18.7 Å². The van der Waals surface area contributed by atoms with Crippen molar-refractivity contribution in [1.82, 2.24) is 10.6 Å². The number of hydrogen-bond donors (Lipinski definition) is 2. The maximum atomic E-state index is 13.4. The van der Waals surface area contributed by atoms with Crippen molar-refractivity contribution in [1.29, 1.82) is 0 Å². The maximum Gasteiger partial charge on any atom is 0.226 e. The van der Waals surface area contributed by atoms with Gasteiger partial charge in [0.25, 0.3) is 0 Å². The molecule has 17 heavy (non-hydrogen) atoms. The largest absolute Gasteiger partial charge is 0.349 e. The summed E-state index contributed by atoms with van der Waals surface area (Å²) in [5.74, 6) is -0.126. The molecule has 0 bridgehead atoms. The average molecular weight is 236 g/mol. The van der Waals surface area contributed by atoms with Crippen LogP contribution in [0.2, 0.25) is 0 Å².